The molecule has 6 nitrogen and oxygen atoms in total. The Labute approximate surface area is 128 Å². The van der Waals surface area contributed by atoms with Crippen LogP contribution in [0, 0.1) is 6.92 Å². The van der Waals surface area contributed by atoms with Gasteiger partial charge in [-0.25, -0.2) is 0 Å². The van der Waals surface area contributed by atoms with E-state index in [0.717, 1.165) is 17.0 Å². The monoisotopic (exact) mass is 298 g/mol. The molecule has 1 aromatic carbocycles. The number of benzene rings is 1. The van der Waals surface area contributed by atoms with Crippen LogP contribution in [0.5, 0.6) is 0 Å². The highest BCUT2D eigenvalue weighted by Crippen LogP contribution is 2.16. The van der Waals surface area contributed by atoms with Gasteiger partial charge in [-0.15, -0.1) is 0 Å². The summed E-state index contributed by atoms with van der Waals surface area (Å²) in [4.78, 5) is 24.3. The molecule has 0 radical (unpaired) electrons. The van der Waals surface area contributed by atoms with Gasteiger partial charge in [0.25, 0.3) is 5.91 Å². The van der Waals surface area contributed by atoms with Gasteiger partial charge >= 0.3 is 0 Å². The number of hydrogen-bond acceptors (Lipinski definition) is 3. The third-order valence-electron chi connectivity index (χ3n) is 3.85. The second-order valence-electron chi connectivity index (χ2n) is 5.51. The molecule has 0 aliphatic carbocycles. The number of amides is 2. The number of aromatic nitrogens is 2. The first kappa shape index (κ1) is 14.3. The number of carbonyl (C=O) groups excluding carboxylic acids is 2. The number of nitrogens with zero attached hydrogens (tertiary/aromatic N) is 2. The molecule has 0 spiro atoms. The Bertz CT molecular complexity index is 735. The van der Waals surface area contributed by atoms with E-state index < -0.39 is 6.04 Å². The van der Waals surface area contributed by atoms with Gasteiger partial charge in [0.2, 0.25) is 5.91 Å². The van der Waals surface area contributed by atoms with Gasteiger partial charge in [0, 0.05) is 19.0 Å². The molecule has 3 rings (SSSR count). The number of fused-ring (bicyclic) bond motifs is 1. The molecule has 1 aliphatic rings. The zero-order valence-corrected chi connectivity index (χ0v) is 12.6. The largest absolute Gasteiger partial charge is 0.349 e. The van der Waals surface area contributed by atoms with Crippen LogP contribution < -0.4 is 10.6 Å². The van der Waals surface area contributed by atoms with E-state index in [1.54, 1.807) is 10.7 Å². The standard InChI is InChI=1S/C16H18N4O2/c1-10-7-12(20(2)19-10)9-17-16(22)14-8-11-5-3-4-6-13(11)15(21)18-14/h3-7,14H,8-9H2,1-2H3,(H,17,22)(H,18,21)/t14-/m1/s1. The lowest BCUT2D eigenvalue weighted by Gasteiger charge is -2.24. The molecule has 2 N–H and O–H groups in total. The number of rotatable bonds is 3. The van der Waals surface area contributed by atoms with Gasteiger partial charge in [-0.3, -0.25) is 14.3 Å². The lowest BCUT2D eigenvalue weighted by molar-refractivity contribution is -0.123. The predicted octanol–water partition coefficient (Wildman–Crippen LogP) is 0.699. The summed E-state index contributed by atoms with van der Waals surface area (Å²) in [6, 6.07) is 8.76. The van der Waals surface area contributed by atoms with Gasteiger partial charge in [-0.2, -0.15) is 5.10 Å². The first-order valence-electron chi connectivity index (χ1n) is 7.20. The van der Waals surface area contributed by atoms with Gasteiger partial charge in [-0.1, -0.05) is 18.2 Å². The van der Waals surface area contributed by atoms with E-state index in [0.29, 0.717) is 18.5 Å². The molecule has 114 valence electrons. The summed E-state index contributed by atoms with van der Waals surface area (Å²) in [6.45, 7) is 2.30. The third kappa shape index (κ3) is 2.72. The molecule has 0 fully saturated rings. The molecule has 0 unspecified atom stereocenters. The average molecular weight is 298 g/mol. The number of nitrogens with one attached hydrogen (secondary N) is 2. The molecular formula is C16H18N4O2. The molecule has 1 aromatic heterocycles. The van der Waals surface area contributed by atoms with E-state index in [1.165, 1.54) is 0 Å². The number of aryl methyl sites for hydroxylation is 2. The van der Waals surface area contributed by atoms with Gasteiger partial charge < -0.3 is 10.6 Å². The van der Waals surface area contributed by atoms with Gasteiger partial charge in [0.15, 0.2) is 0 Å². The SMILES string of the molecule is Cc1cc(CNC(=O)[C@H]2Cc3ccccc3C(=O)N2)n(C)n1. The molecule has 6 heteroatoms. The van der Waals surface area contributed by atoms with Crippen LogP contribution in [-0.4, -0.2) is 27.6 Å². The van der Waals surface area contributed by atoms with Crippen molar-refractivity contribution in [2.45, 2.75) is 25.9 Å². The Morgan fingerprint density at radius 1 is 1.45 bits per heavy atom. The normalized spacial score (nSPS) is 16.8. The molecule has 1 atom stereocenters. The van der Waals surface area contributed by atoms with Crippen LogP contribution in [-0.2, 0) is 24.8 Å². The second kappa shape index (κ2) is 5.63. The highest BCUT2D eigenvalue weighted by molar-refractivity contribution is 6.00. The lowest BCUT2D eigenvalue weighted by atomic mass is 9.95. The predicted molar refractivity (Wildman–Crippen MR) is 81.2 cm³/mol. The summed E-state index contributed by atoms with van der Waals surface area (Å²) in [6.07, 6.45) is 0.512. The fourth-order valence-corrected chi connectivity index (χ4v) is 2.72. The van der Waals surface area contributed by atoms with Crippen molar-refractivity contribution in [2.75, 3.05) is 0 Å². The van der Waals surface area contributed by atoms with E-state index in [4.69, 9.17) is 0 Å². The van der Waals surface area contributed by atoms with E-state index >= 15 is 0 Å². The first-order chi connectivity index (χ1) is 10.5. The van der Waals surface area contributed by atoms with Crippen LogP contribution in [0.1, 0.15) is 27.3 Å². The molecular weight excluding hydrogens is 280 g/mol. The minimum absolute atomic E-state index is 0.179. The quantitative estimate of drug-likeness (QED) is 0.876. The maximum Gasteiger partial charge on any atom is 0.252 e. The fourth-order valence-electron chi connectivity index (χ4n) is 2.72. The van der Waals surface area contributed by atoms with Crippen LogP contribution in [0.2, 0.25) is 0 Å². The van der Waals surface area contributed by atoms with Crippen LogP contribution in [0.25, 0.3) is 0 Å². The van der Waals surface area contributed by atoms with Crippen molar-refractivity contribution in [3.8, 4) is 0 Å². The minimum atomic E-state index is -0.531. The maximum absolute atomic E-state index is 12.3. The van der Waals surface area contributed by atoms with Crippen molar-refractivity contribution < 1.29 is 9.59 Å². The van der Waals surface area contributed by atoms with E-state index in [-0.39, 0.29) is 11.8 Å². The van der Waals surface area contributed by atoms with Crippen molar-refractivity contribution in [3.05, 3.63) is 52.8 Å². The zero-order valence-electron chi connectivity index (χ0n) is 12.6. The molecule has 1 aliphatic heterocycles. The molecule has 2 aromatic rings. The Hall–Kier alpha value is -2.63. The van der Waals surface area contributed by atoms with E-state index in [1.807, 2.05) is 38.2 Å². The summed E-state index contributed by atoms with van der Waals surface area (Å²) >= 11 is 0. The second-order valence-corrected chi connectivity index (χ2v) is 5.51. The van der Waals surface area contributed by atoms with Crippen LogP contribution in [0.4, 0.5) is 0 Å². The van der Waals surface area contributed by atoms with Crippen LogP contribution in [0.15, 0.2) is 30.3 Å². The van der Waals surface area contributed by atoms with Crippen LogP contribution in [0.3, 0.4) is 0 Å². The minimum Gasteiger partial charge on any atom is -0.349 e. The highest BCUT2D eigenvalue weighted by atomic mass is 16.2. The topological polar surface area (TPSA) is 76.0 Å². The Balaban J connectivity index is 1.67. The summed E-state index contributed by atoms with van der Waals surface area (Å²) in [5.41, 5.74) is 3.39. The lowest BCUT2D eigenvalue weighted by Crippen LogP contribution is -2.50. The first-order valence-corrected chi connectivity index (χ1v) is 7.20. The summed E-state index contributed by atoms with van der Waals surface area (Å²) in [5.74, 6) is -0.375. The van der Waals surface area contributed by atoms with Gasteiger partial charge in [0.1, 0.15) is 6.04 Å². The Kier molecular flexibility index (Phi) is 3.66. The highest BCUT2D eigenvalue weighted by Gasteiger charge is 2.28. The molecule has 22 heavy (non-hydrogen) atoms. The third-order valence-corrected chi connectivity index (χ3v) is 3.85. The fraction of sp³-hybridized carbons (Fsp3) is 0.312. The van der Waals surface area contributed by atoms with Crippen molar-refractivity contribution in [1.82, 2.24) is 20.4 Å². The molecule has 2 heterocycles. The summed E-state index contributed by atoms with van der Waals surface area (Å²) in [7, 11) is 1.84. The van der Waals surface area contributed by atoms with Crippen molar-refractivity contribution in [2.24, 2.45) is 7.05 Å². The smallest absolute Gasteiger partial charge is 0.252 e. The van der Waals surface area contributed by atoms with Crippen molar-refractivity contribution in [3.63, 3.8) is 0 Å². The summed E-state index contributed by atoms with van der Waals surface area (Å²) in [5, 5.41) is 9.85. The van der Waals surface area contributed by atoms with Crippen molar-refractivity contribution in [1.29, 1.82) is 0 Å². The molecule has 0 saturated heterocycles. The molecule has 0 bridgehead atoms. The molecule has 0 saturated carbocycles. The van der Waals surface area contributed by atoms with E-state index in [2.05, 4.69) is 15.7 Å². The van der Waals surface area contributed by atoms with Crippen LogP contribution >= 0.6 is 0 Å². The Morgan fingerprint density at radius 2 is 2.23 bits per heavy atom. The number of hydrogen-bond donors (Lipinski definition) is 2. The molecule has 2 amide bonds. The Morgan fingerprint density at radius 3 is 2.95 bits per heavy atom. The average Bonchev–Trinajstić information content (AvgIpc) is 2.82. The number of carbonyl (C=O) groups is 2. The van der Waals surface area contributed by atoms with Gasteiger partial charge in [-0.05, 0) is 24.6 Å². The summed E-state index contributed by atoms with van der Waals surface area (Å²) < 4.78 is 1.74. The maximum atomic E-state index is 12.3. The van der Waals surface area contributed by atoms with E-state index in [9.17, 15) is 9.59 Å². The van der Waals surface area contributed by atoms with Gasteiger partial charge in [0.05, 0.1) is 17.9 Å². The zero-order chi connectivity index (χ0) is 15.7. The van der Waals surface area contributed by atoms with Crippen molar-refractivity contribution >= 4 is 11.8 Å².